The van der Waals surface area contributed by atoms with Gasteiger partial charge < -0.3 is 18.9 Å². The summed E-state index contributed by atoms with van der Waals surface area (Å²) in [5.74, 6) is -1.35. The highest BCUT2D eigenvalue weighted by molar-refractivity contribution is 5.83. The molecule has 0 bridgehead atoms. The number of hydrogen-bond acceptors (Lipinski definition) is 6. The molecule has 1 fully saturated rings. The minimum absolute atomic E-state index is 0.165. The highest BCUT2D eigenvalue weighted by Gasteiger charge is 2.51. The van der Waals surface area contributed by atoms with Gasteiger partial charge in [-0.15, -0.1) is 0 Å². The van der Waals surface area contributed by atoms with Crippen LogP contribution in [0.4, 0.5) is 0 Å². The predicted molar refractivity (Wildman–Crippen MR) is 131 cm³/mol. The number of rotatable bonds is 15. The maximum atomic E-state index is 11.7. The van der Waals surface area contributed by atoms with Gasteiger partial charge in [-0.25, -0.2) is 4.79 Å². The lowest BCUT2D eigenvalue weighted by molar-refractivity contribution is -0.242. The standard InChI is InChI=1S/C28H44O6/c1-3-4-5-6-7-8-9-10-11-12-13-15-23(31-22(2)29)20-24-16-14-19-28(33-24)21-26-25(34-28)17-18-27(30)32-26/h14,16-18,23-26H,3-13,15,19-21H2,1-2H3/t23-,24-,25+,26-,28-/m1/s1. The van der Waals surface area contributed by atoms with Gasteiger partial charge in [0, 0.05) is 32.3 Å². The van der Waals surface area contributed by atoms with Crippen LogP contribution in [-0.4, -0.2) is 42.1 Å². The number of carbonyl (C=O) groups is 2. The Morgan fingerprint density at radius 3 is 2.38 bits per heavy atom. The Morgan fingerprint density at radius 2 is 1.71 bits per heavy atom. The molecule has 0 saturated carbocycles. The molecule has 34 heavy (non-hydrogen) atoms. The maximum absolute atomic E-state index is 11.7. The van der Waals surface area contributed by atoms with Crippen LogP contribution in [-0.2, 0) is 28.5 Å². The fourth-order valence-electron chi connectivity index (χ4n) is 5.28. The van der Waals surface area contributed by atoms with Crippen LogP contribution in [0.1, 0.15) is 110 Å². The molecule has 0 aromatic heterocycles. The highest BCUT2D eigenvalue weighted by atomic mass is 16.7. The Bertz CT molecular complexity index is 701. The molecule has 0 aromatic rings. The number of unbranched alkanes of at least 4 members (excludes halogenated alkanes) is 10. The van der Waals surface area contributed by atoms with Gasteiger partial charge in [-0.2, -0.15) is 0 Å². The largest absolute Gasteiger partial charge is 0.462 e. The van der Waals surface area contributed by atoms with E-state index in [1.165, 1.54) is 77.2 Å². The number of carbonyl (C=O) groups excluding carboxylic acids is 2. The van der Waals surface area contributed by atoms with E-state index in [9.17, 15) is 9.59 Å². The topological polar surface area (TPSA) is 71.1 Å². The van der Waals surface area contributed by atoms with Crippen LogP contribution >= 0.6 is 0 Å². The number of esters is 2. The van der Waals surface area contributed by atoms with Crippen molar-refractivity contribution in [3.8, 4) is 0 Å². The van der Waals surface area contributed by atoms with E-state index < -0.39 is 5.79 Å². The van der Waals surface area contributed by atoms with Gasteiger partial charge in [0.25, 0.3) is 0 Å². The van der Waals surface area contributed by atoms with Gasteiger partial charge in [0.2, 0.25) is 0 Å². The Hall–Kier alpha value is -1.66. The third-order valence-corrected chi connectivity index (χ3v) is 7.02. The summed E-state index contributed by atoms with van der Waals surface area (Å²) < 4.78 is 23.6. The van der Waals surface area contributed by atoms with E-state index in [1.54, 1.807) is 6.08 Å². The molecule has 5 atom stereocenters. The first-order chi connectivity index (χ1) is 16.5. The second-order valence-electron chi connectivity index (χ2n) is 10.1. The first kappa shape index (κ1) is 26.9. The van der Waals surface area contributed by atoms with Gasteiger partial charge >= 0.3 is 11.9 Å². The average molecular weight is 477 g/mol. The van der Waals surface area contributed by atoms with E-state index in [4.69, 9.17) is 18.9 Å². The Kier molecular flexibility index (Phi) is 11.1. The molecule has 6 nitrogen and oxygen atoms in total. The third-order valence-electron chi connectivity index (χ3n) is 7.02. The lowest BCUT2D eigenvalue weighted by Crippen LogP contribution is -2.40. The minimum Gasteiger partial charge on any atom is -0.462 e. The number of hydrogen-bond donors (Lipinski definition) is 0. The molecule has 192 valence electrons. The fourth-order valence-corrected chi connectivity index (χ4v) is 5.28. The summed E-state index contributed by atoms with van der Waals surface area (Å²) in [6.45, 7) is 3.73. The van der Waals surface area contributed by atoms with Crippen LogP contribution < -0.4 is 0 Å². The Morgan fingerprint density at radius 1 is 1.03 bits per heavy atom. The maximum Gasteiger partial charge on any atom is 0.330 e. The fraction of sp³-hybridized carbons (Fsp3) is 0.786. The van der Waals surface area contributed by atoms with Gasteiger partial charge in [-0.1, -0.05) is 83.3 Å². The molecule has 3 rings (SSSR count). The second kappa shape index (κ2) is 14.0. The van der Waals surface area contributed by atoms with Crippen molar-refractivity contribution >= 4 is 11.9 Å². The van der Waals surface area contributed by atoms with Crippen molar-refractivity contribution in [2.75, 3.05) is 0 Å². The minimum atomic E-state index is -0.777. The molecule has 0 aliphatic carbocycles. The van der Waals surface area contributed by atoms with Crippen molar-refractivity contribution in [3.63, 3.8) is 0 Å². The van der Waals surface area contributed by atoms with E-state index in [-0.39, 0.29) is 36.4 Å². The Labute approximate surface area is 205 Å². The van der Waals surface area contributed by atoms with Gasteiger partial charge in [-0.05, 0) is 18.9 Å². The summed E-state index contributed by atoms with van der Waals surface area (Å²) in [5, 5.41) is 0. The SMILES string of the molecule is CCCCCCCCCCCCC[C@H](C[C@H]1C=CC[C@@]2(C[C@H]3OC(=O)C=C[C@@H]3O2)O1)OC(C)=O. The molecular formula is C28H44O6. The highest BCUT2D eigenvalue weighted by Crippen LogP contribution is 2.42. The molecule has 6 heteroatoms. The molecule has 0 radical (unpaired) electrons. The second-order valence-corrected chi connectivity index (χ2v) is 10.1. The molecule has 1 spiro atoms. The first-order valence-electron chi connectivity index (χ1n) is 13.6. The van der Waals surface area contributed by atoms with Crippen LogP contribution in [0.15, 0.2) is 24.3 Å². The summed E-state index contributed by atoms with van der Waals surface area (Å²) in [6, 6.07) is 0. The van der Waals surface area contributed by atoms with Crippen LogP contribution in [0, 0.1) is 0 Å². The molecule has 0 aromatic carbocycles. The number of ether oxygens (including phenoxy) is 4. The first-order valence-corrected chi connectivity index (χ1v) is 13.6. The van der Waals surface area contributed by atoms with Gasteiger partial charge in [0.05, 0.1) is 6.10 Å². The van der Waals surface area contributed by atoms with Gasteiger partial charge in [0.1, 0.15) is 18.3 Å². The molecule has 3 aliphatic heterocycles. The van der Waals surface area contributed by atoms with Crippen LogP contribution in [0.3, 0.4) is 0 Å². The lowest BCUT2D eigenvalue weighted by Gasteiger charge is -2.35. The van der Waals surface area contributed by atoms with Crippen molar-refractivity contribution in [2.45, 2.75) is 140 Å². The van der Waals surface area contributed by atoms with Crippen LogP contribution in [0.25, 0.3) is 0 Å². The molecule has 0 amide bonds. The number of fused-ring (bicyclic) bond motifs is 1. The zero-order chi connectivity index (χ0) is 24.2. The third kappa shape index (κ3) is 8.84. The average Bonchev–Trinajstić information content (AvgIpc) is 3.13. The van der Waals surface area contributed by atoms with Gasteiger partial charge in [0.15, 0.2) is 5.79 Å². The monoisotopic (exact) mass is 476 g/mol. The molecule has 3 heterocycles. The summed E-state index contributed by atoms with van der Waals surface area (Å²) in [5.41, 5.74) is 0. The summed E-state index contributed by atoms with van der Waals surface area (Å²) in [4.78, 5) is 23.3. The van der Waals surface area contributed by atoms with E-state index >= 15 is 0 Å². The summed E-state index contributed by atoms with van der Waals surface area (Å²) in [6.07, 6.45) is 23.2. The van der Waals surface area contributed by atoms with E-state index in [0.29, 0.717) is 19.3 Å². The van der Waals surface area contributed by atoms with Crippen molar-refractivity contribution < 1.29 is 28.5 Å². The Balaban J connectivity index is 1.35. The van der Waals surface area contributed by atoms with Crippen molar-refractivity contribution in [3.05, 3.63) is 24.3 Å². The zero-order valence-corrected chi connectivity index (χ0v) is 21.2. The molecule has 3 aliphatic rings. The quantitative estimate of drug-likeness (QED) is 0.156. The summed E-state index contributed by atoms with van der Waals surface area (Å²) in [7, 11) is 0. The van der Waals surface area contributed by atoms with E-state index in [1.807, 2.05) is 6.08 Å². The van der Waals surface area contributed by atoms with Crippen molar-refractivity contribution in [1.29, 1.82) is 0 Å². The molecular weight excluding hydrogens is 432 g/mol. The van der Waals surface area contributed by atoms with Crippen LogP contribution in [0.2, 0.25) is 0 Å². The molecule has 0 N–H and O–H groups in total. The van der Waals surface area contributed by atoms with Gasteiger partial charge in [-0.3, -0.25) is 4.79 Å². The normalized spacial score (nSPS) is 28.6. The van der Waals surface area contributed by atoms with Crippen LogP contribution in [0.5, 0.6) is 0 Å². The predicted octanol–water partition coefficient (Wildman–Crippen LogP) is 6.32. The molecule has 0 unspecified atom stereocenters. The zero-order valence-electron chi connectivity index (χ0n) is 21.2. The summed E-state index contributed by atoms with van der Waals surface area (Å²) >= 11 is 0. The smallest absolute Gasteiger partial charge is 0.330 e. The lowest BCUT2D eigenvalue weighted by atomic mass is 9.98. The van der Waals surface area contributed by atoms with Crippen molar-refractivity contribution in [2.24, 2.45) is 0 Å². The van der Waals surface area contributed by atoms with E-state index in [0.717, 1.165) is 12.8 Å². The van der Waals surface area contributed by atoms with Crippen molar-refractivity contribution in [1.82, 2.24) is 0 Å². The molecule has 1 saturated heterocycles. The van der Waals surface area contributed by atoms with E-state index in [2.05, 4.69) is 13.0 Å².